The Morgan fingerprint density at radius 2 is 1.84 bits per heavy atom. The van der Waals surface area contributed by atoms with Gasteiger partial charge >= 0.3 is 0 Å². The van der Waals surface area contributed by atoms with Crippen LogP contribution in [0, 0.1) is 13.8 Å². The highest BCUT2D eigenvalue weighted by molar-refractivity contribution is 9.10. The summed E-state index contributed by atoms with van der Waals surface area (Å²) in [6.07, 6.45) is 1.69. The van der Waals surface area contributed by atoms with Crippen LogP contribution in [0.5, 0.6) is 0 Å². The van der Waals surface area contributed by atoms with E-state index in [1.54, 1.807) is 6.21 Å². The first kappa shape index (κ1) is 22.5. The number of ether oxygens (including phenoxy) is 1. The SMILES string of the molecule is Cc1cc(/C=N\NC(=O)c2ccc(CN3CCOCC3)cc2)c(C)n1-c1ccccc1Br. The predicted octanol–water partition coefficient (Wildman–Crippen LogP) is 4.45. The molecular weight excluding hydrogens is 468 g/mol. The van der Waals surface area contributed by atoms with Crippen LogP contribution in [-0.2, 0) is 11.3 Å². The summed E-state index contributed by atoms with van der Waals surface area (Å²) < 4.78 is 8.58. The number of amides is 1. The number of aromatic nitrogens is 1. The molecule has 2 heterocycles. The Labute approximate surface area is 197 Å². The predicted molar refractivity (Wildman–Crippen MR) is 131 cm³/mol. The maximum absolute atomic E-state index is 12.5. The number of para-hydroxylation sites is 1. The monoisotopic (exact) mass is 494 g/mol. The van der Waals surface area contributed by atoms with Gasteiger partial charge in [-0.3, -0.25) is 9.69 Å². The fraction of sp³-hybridized carbons (Fsp3) is 0.280. The molecular formula is C25H27BrN4O2. The van der Waals surface area contributed by atoms with Gasteiger partial charge in [-0.2, -0.15) is 5.10 Å². The molecule has 7 heteroatoms. The molecule has 0 spiro atoms. The molecule has 0 saturated carbocycles. The first-order valence-electron chi connectivity index (χ1n) is 10.7. The van der Waals surface area contributed by atoms with E-state index in [-0.39, 0.29) is 5.91 Å². The van der Waals surface area contributed by atoms with E-state index in [9.17, 15) is 4.79 Å². The summed E-state index contributed by atoms with van der Waals surface area (Å²) in [5, 5.41) is 4.19. The molecule has 1 fully saturated rings. The van der Waals surface area contributed by atoms with Gasteiger partial charge in [-0.15, -0.1) is 0 Å². The minimum absolute atomic E-state index is 0.223. The average molecular weight is 495 g/mol. The Balaban J connectivity index is 1.39. The lowest BCUT2D eigenvalue weighted by Crippen LogP contribution is -2.35. The van der Waals surface area contributed by atoms with Gasteiger partial charge < -0.3 is 9.30 Å². The van der Waals surface area contributed by atoms with Crippen molar-refractivity contribution in [1.29, 1.82) is 0 Å². The minimum Gasteiger partial charge on any atom is -0.379 e. The van der Waals surface area contributed by atoms with Gasteiger partial charge in [0.1, 0.15) is 0 Å². The van der Waals surface area contributed by atoms with Crippen molar-refractivity contribution in [3.8, 4) is 5.69 Å². The minimum atomic E-state index is -0.223. The zero-order chi connectivity index (χ0) is 22.5. The zero-order valence-corrected chi connectivity index (χ0v) is 19.9. The Morgan fingerprint density at radius 1 is 1.12 bits per heavy atom. The van der Waals surface area contributed by atoms with Crippen LogP contribution in [0.4, 0.5) is 0 Å². The van der Waals surface area contributed by atoms with Gasteiger partial charge in [-0.25, -0.2) is 5.43 Å². The Morgan fingerprint density at radius 3 is 2.56 bits per heavy atom. The summed E-state index contributed by atoms with van der Waals surface area (Å²) in [5.41, 5.74) is 8.60. The molecule has 1 N–H and O–H groups in total. The third-order valence-corrected chi connectivity index (χ3v) is 6.33. The Kier molecular flexibility index (Phi) is 7.19. The van der Waals surface area contributed by atoms with Crippen LogP contribution < -0.4 is 5.43 Å². The molecule has 6 nitrogen and oxygen atoms in total. The fourth-order valence-corrected chi connectivity index (χ4v) is 4.39. The second kappa shape index (κ2) is 10.3. The van der Waals surface area contributed by atoms with Crippen molar-refractivity contribution in [1.82, 2.24) is 14.9 Å². The number of carbonyl (C=O) groups excluding carboxylic acids is 1. The Hall–Kier alpha value is -2.74. The number of aryl methyl sites for hydroxylation is 1. The van der Waals surface area contributed by atoms with Gasteiger partial charge in [0, 0.05) is 46.6 Å². The van der Waals surface area contributed by atoms with E-state index in [1.807, 2.05) is 49.4 Å². The molecule has 3 aromatic rings. The molecule has 1 aliphatic heterocycles. The van der Waals surface area contributed by atoms with E-state index in [1.165, 1.54) is 5.56 Å². The standard InChI is InChI=1S/C25H27BrN4O2/c1-18-15-22(19(2)30(18)24-6-4-3-5-23(24)26)16-27-28-25(31)21-9-7-20(8-10-21)17-29-11-13-32-14-12-29/h3-10,15-16H,11-14,17H2,1-2H3,(H,28,31)/b27-16-. The average Bonchev–Trinajstić information content (AvgIpc) is 3.08. The summed E-state index contributed by atoms with van der Waals surface area (Å²) in [6, 6.07) is 17.8. The van der Waals surface area contributed by atoms with E-state index in [0.29, 0.717) is 5.56 Å². The molecule has 0 unspecified atom stereocenters. The molecule has 1 aromatic heterocycles. The van der Waals surface area contributed by atoms with Crippen LogP contribution in [-0.4, -0.2) is 47.9 Å². The third kappa shape index (κ3) is 5.18. The van der Waals surface area contributed by atoms with Crippen molar-refractivity contribution in [2.24, 2.45) is 5.10 Å². The number of morpholine rings is 1. The lowest BCUT2D eigenvalue weighted by Gasteiger charge is -2.26. The number of nitrogens with one attached hydrogen (secondary N) is 1. The summed E-state index contributed by atoms with van der Waals surface area (Å²) in [7, 11) is 0. The molecule has 0 atom stereocenters. The maximum atomic E-state index is 12.5. The zero-order valence-electron chi connectivity index (χ0n) is 18.3. The van der Waals surface area contributed by atoms with Crippen LogP contribution in [0.25, 0.3) is 5.69 Å². The van der Waals surface area contributed by atoms with E-state index >= 15 is 0 Å². The molecule has 4 rings (SSSR count). The van der Waals surface area contributed by atoms with E-state index in [4.69, 9.17) is 4.74 Å². The van der Waals surface area contributed by atoms with Crippen molar-refractivity contribution in [2.75, 3.05) is 26.3 Å². The lowest BCUT2D eigenvalue weighted by atomic mass is 10.1. The van der Waals surface area contributed by atoms with E-state index in [2.05, 4.69) is 55.0 Å². The molecule has 1 aliphatic rings. The molecule has 1 saturated heterocycles. The normalized spacial score (nSPS) is 14.7. The van der Waals surface area contributed by atoms with Gasteiger partial charge in [-0.1, -0.05) is 24.3 Å². The van der Waals surface area contributed by atoms with Gasteiger partial charge in [-0.05, 0) is 65.7 Å². The number of rotatable bonds is 6. The first-order valence-corrected chi connectivity index (χ1v) is 11.5. The van der Waals surface area contributed by atoms with Crippen molar-refractivity contribution in [3.63, 3.8) is 0 Å². The summed E-state index contributed by atoms with van der Waals surface area (Å²) in [4.78, 5) is 14.9. The van der Waals surface area contributed by atoms with Gasteiger partial charge in [0.05, 0.1) is 25.1 Å². The van der Waals surface area contributed by atoms with Gasteiger partial charge in [0.15, 0.2) is 0 Å². The van der Waals surface area contributed by atoms with Crippen molar-refractivity contribution >= 4 is 28.1 Å². The number of hydrazone groups is 1. The topological polar surface area (TPSA) is 58.9 Å². The molecule has 0 bridgehead atoms. The summed E-state index contributed by atoms with van der Waals surface area (Å²) in [6.45, 7) is 8.42. The maximum Gasteiger partial charge on any atom is 0.271 e. The first-order chi connectivity index (χ1) is 15.5. The largest absolute Gasteiger partial charge is 0.379 e. The highest BCUT2D eigenvalue weighted by Gasteiger charge is 2.13. The second-order valence-corrected chi connectivity index (χ2v) is 8.75. The molecule has 0 aliphatic carbocycles. The van der Waals surface area contributed by atoms with Gasteiger partial charge in [0.25, 0.3) is 5.91 Å². The number of halogens is 1. The summed E-state index contributed by atoms with van der Waals surface area (Å²) in [5.74, 6) is -0.223. The van der Waals surface area contributed by atoms with Crippen LogP contribution in [0.1, 0.15) is 32.9 Å². The van der Waals surface area contributed by atoms with Crippen molar-refractivity contribution in [2.45, 2.75) is 20.4 Å². The van der Waals surface area contributed by atoms with Gasteiger partial charge in [0.2, 0.25) is 0 Å². The van der Waals surface area contributed by atoms with Crippen LogP contribution in [0.15, 0.2) is 64.2 Å². The smallest absolute Gasteiger partial charge is 0.271 e. The number of nitrogens with zero attached hydrogens (tertiary/aromatic N) is 3. The molecule has 0 radical (unpaired) electrons. The molecule has 32 heavy (non-hydrogen) atoms. The second-order valence-electron chi connectivity index (χ2n) is 7.90. The van der Waals surface area contributed by atoms with Crippen molar-refractivity contribution < 1.29 is 9.53 Å². The highest BCUT2D eigenvalue weighted by atomic mass is 79.9. The van der Waals surface area contributed by atoms with E-state index < -0.39 is 0 Å². The number of hydrogen-bond acceptors (Lipinski definition) is 4. The number of benzene rings is 2. The molecule has 166 valence electrons. The van der Waals surface area contributed by atoms with Crippen molar-refractivity contribution in [3.05, 3.63) is 87.1 Å². The summed E-state index contributed by atoms with van der Waals surface area (Å²) >= 11 is 3.62. The molecule has 2 aromatic carbocycles. The quantitative estimate of drug-likeness (QED) is 0.406. The lowest BCUT2D eigenvalue weighted by molar-refractivity contribution is 0.0342. The highest BCUT2D eigenvalue weighted by Crippen LogP contribution is 2.26. The van der Waals surface area contributed by atoms with Crippen LogP contribution in [0.3, 0.4) is 0 Å². The fourth-order valence-electron chi connectivity index (χ4n) is 3.93. The number of hydrogen-bond donors (Lipinski definition) is 1. The van der Waals surface area contributed by atoms with Crippen LogP contribution >= 0.6 is 15.9 Å². The molecule has 1 amide bonds. The number of carbonyl (C=O) groups is 1. The third-order valence-electron chi connectivity index (χ3n) is 5.66. The van der Waals surface area contributed by atoms with E-state index in [0.717, 1.165) is 60.0 Å². The Bertz CT molecular complexity index is 1120. The van der Waals surface area contributed by atoms with Crippen LogP contribution in [0.2, 0.25) is 0 Å².